The van der Waals surface area contributed by atoms with E-state index in [0.717, 1.165) is 11.5 Å². The van der Waals surface area contributed by atoms with Crippen LogP contribution in [0.15, 0.2) is 38.3 Å². The molecule has 0 saturated heterocycles. The summed E-state index contributed by atoms with van der Waals surface area (Å²) in [7, 11) is 0. The van der Waals surface area contributed by atoms with Gasteiger partial charge in [-0.1, -0.05) is 6.07 Å². The minimum Gasteiger partial charge on any atom is -0.465 e. The SMILES string of the molecule is Cc1ccc(C(CN)Sc2cccs2)o1. The second-order valence-corrected chi connectivity index (χ2v) is 5.67. The molecule has 0 fully saturated rings. The molecule has 15 heavy (non-hydrogen) atoms. The van der Waals surface area contributed by atoms with Gasteiger partial charge in [-0.2, -0.15) is 0 Å². The molecule has 0 saturated carbocycles. The van der Waals surface area contributed by atoms with Gasteiger partial charge in [0.1, 0.15) is 11.5 Å². The molecule has 0 aliphatic heterocycles. The molecule has 2 nitrogen and oxygen atoms in total. The van der Waals surface area contributed by atoms with Crippen LogP contribution in [0.4, 0.5) is 0 Å². The average Bonchev–Trinajstić information content (AvgIpc) is 2.85. The summed E-state index contributed by atoms with van der Waals surface area (Å²) in [6.07, 6.45) is 0. The fourth-order valence-corrected chi connectivity index (χ4v) is 3.28. The molecule has 0 aliphatic rings. The van der Waals surface area contributed by atoms with E-state index in [0.29, 0.717) is 6.54 Å². The normalized spacial score (nSPS) is 12.9. The standard InChI is InChI=1S/C11H13NOS2/c1-8-4-5-9(13-8)10(7-12)15-11-3-2-6-14-11/h2-6,10H,7,12H2,1H3. The van der Waals surface area contributed by atoms with Crippen LogP contribution in [0.5, 0.6) is 0 Å². The third kappa shape index (κ3) is 2.65. The van der Waals surface area contributed by atoms with Crippen molar-refractivity contribution in [3.8, 4) is 0 Å². The van der Waals surface area contributed by atoms with Gasteiger partial charge in [0, 0.05) is 6.54 Å². The fraction of sp³-hybridized carbons (Fsp3) is 0.273. The Hall–Kier alpha value is -0.710. The fourth-order valence-electron chi connectivity index (χ4n) is 1.32. The quantitative estimate of drug-likeness (QED) is 0.831. The molecule has 4 heteroatoms. The summed E-state index contributed by atoms with van der Waals surface area (Å²) in [6, 6.07) is 8.14. The molecule has 1 atom stereocenters. The van der Waals surface area contributed by atoms with Crippen molar-refractivity contribution in [2.45, 2.75) is 16.4 Å². The van der Waals surface area contributed by atoms with E-state index in [4.69, 9.17) is 10.2 Å². The van der Waals surface area contributed by atoms with E-state index in [9.17, 15) is 0 Å². The maximum atomic E-state index is 5.75. The van der Waals surface area contributed by atoms with Gasteiger partial charge in [0.05, 0.1) is 9.46 Å². The summed E-state index contributed by atoms with van der Waals surface area (Å²) >= 11 is 3.50. The van der Waals surface area contributed by atoms with Crippen molar-refractivity contribution in [1.82, 2.24) is 0 Å². The molecular weight excluding hydrogens is 226 g/mol. The Balaban J connectivity index is 2.11. The van der Waals surface area contributed by atoms with Gasteiger partial charge in [0.25, 0.3) is 0 Å². The molecule has 0 spiro atoms. The Kier molecular flexibility index (Phi) is 3.51. The molecule has 1 unspecified atom stereocenters. The first-order chi connectivity index (χ1) is 7.29. The lowest BCUT2D eigenvalue weighted by atomic mass is 10.3. The molecule has 2 heterocycles. The average molecular weight is 239 g/mol. The maximum Gasteiger partial charge on any atom is 0.118 e. The Labute approximate surface area is 97.5 Å². The zero-order valence-corrected chi connectivity index (χ0v) is 10.1. The maximum absolute atomic E-state index is 5.75. The third-order valence-electron chi connectivity index (χ3n) is 2.05. The highest BCUT2D eigenvalue weighted by atomic mass is 32.2. The molecule has 2 aromatic heterocycles. The molecule has 2 rings (SSSR count). The van der Waals surface area contributed by atoms with E-state index in [1.165, 1.54) is 4.21 Å². The smallest absolute Gasteiger partial charge is 0.118 e. The van der Waals surface area contributed by atoms with Crippen LogP contribution in [0, 0.1) is 6.92 Å². The van der Waals surface area contributed by atoms with Gasteiger partial charge >= 0.3 is 0 Å². The van der Waals surface area contributed by atoms with E-state index < -0.39 is 0 Å². The van der Waals surface area contributed by atoms with Crippen LogP contribution in [-0.4, -0.2) is 6.54 Å². The monoisotopic (exact) mass is 239 g/mol. The summed E-state index contributed by atoms with van der Waals surface area (Å²) in [6.45, 7) is 2.54. The summed E-state index contributed by atoms with van der Waals surface area (Å²) in [5.74, 6) is 1.91. The van der Waals surface area contributed by atoms with Gasteiger partial charge in [-0.15, -0.1) is 23.1 Å². The highest BCUT2D eigenvalue weighted by Gasteiger charge is 2.15. The minimum absolute atomic E-state index is 0.220. The molecule has 0 radical (unpaired) electrons. The van der Waals surface area contributed by atoms with Crippen molar-refractivity contribution in [2.24, 2.45) is 5.73 Å². The van der Waals surface area contributed by atoms with Crippen molar-refractivity contribution in [2.75, 3.05) is 6.54 Å². The van der Waals surface area contributed by atoms with Gasteiger partial charge in [-0.3, -0.25) is 0 Å². The van der Waals surface area contributed by atoms with Crippen LogP contribution in [0.1, 0.15) is 16.8 Å². The summed E-state index contributed by atoms with van der Waals surface area (Å²) < 4.78 is 6.87. The van der Waals surface area contributed by atoms with Crippen molar-refractivity contribution >= 4 is 23.1 Å². The zero-order valence-electron chi connectivity index (χ0n) is 8.47. The first-order valence-corrected chi connectivity index (χ1v) is 6.52. The second-order valence-electron chi connectivity index (χ2n) is 3.22. The summed E-state index contributed by atoms with van der Waals surface area (Å²) in [5, 5.41) is 2.29. The number of hydrogen-bond donors (Lipinski definition) is 1. The molecule has 0 aromatic carbocycles. The summed E-state index contributed by atoms with van der Waals surface area (Å²) in [5.41, 5.74) is 5.75. The van der Waals surface area contributed by atoms with Gasteiger partial charge < -0.3 is 10.2 Å². The third-order valence-corrected chi connectivity index (χ3v) is 4.36. The van der Waals surface area contributed by atoms with Crippen LogP contribution in [-0.2, 0) is 0 Å². The van der Waals surface area contributed by atoms with E-state index in [1.807, 2.05) is 25.1 Å². The number of nitrogens with two attached hydrogens (primary N) is 1. The van der Waals surface area contributed by atoms with Crippen LogP contribution >= 0.6 is 23.1 Å². The Morgan fingerprint density at radius 3 is 2.87 bits per heavy atom. The van der Waals surface area contributed by atoms with E-state index in [1.54, 1.807) is 23.1 Å². The largest absolute Gasteiger partial charge is 0.465 e. The molecule has 2 N–H and O–H groups in total. The van der Waals surface area contributed by atoms with Crippen LogP contribution in [0.25, 0.3) is 0 Å². The number of hydrogen-bond acceptors (Lipinski definition) is 4. The first-order valence-electron chi connectivity index (χ1n) is 4.76. The van der Waals surface area contributed by atoms with E-state index >= 15 is 0 Å². The zero-order chi connectivity index (χ0) is 10.7. The van der Waals surface area contributed by atoms with E-state index in [-0.39, 0.29) is 5.25 Å². The molecule has 0 bridgehead atoms. The predicted octanol–water partition coefficient (Wildman–Crippen LogP) is 3.44. The van der Waals surface area contributed by atoms with Crippen LogP contribution in [0.3, 0.4) is 0 Å². The topological polar surface area (TPSA) is 39.2 Å². The van der Waals surface area contributed by atoms with Gasteiger partial charge in [0.2, 0.25) is 0 Å². The lowest BCUT2D eigenvalue weighted by molar-refractivity contribution is 0.481. The van der Waals surface area contributed by atoms with Crippen molar-refractivity contribution in [1.29, 1.82) is 0 Å². The molecule has 2 aromatic rings. The highest BCUT2D eigenvalue weighted by Crippen LogP contribution is 2.37. The van der Waals surface area contributed by atoms with Gasteiger partial charge in [0.15, 0.2) is 0 Å². The number of aryl methyl sites for hydroxylation is 1. The van der Waals surface area contributed by atoms with Crippen molar-refractivity contribution in [3.05, 3.63) is 41.2 Å². The lowest BCUT2D eigenvalue weighted by Crippen LogP contribution is -2.08. The van der Waals surface area contributed by atoms with Crippen LogP contribution in [0.2, 0.25) is 0 Å². The van der Waals surface area contributed by atoms with Crippen molar-refractivity contribution in [3.63, 3.8) is 0 Å². The molecule has 0 amide bonds. The van der Waals surface area contributed by atoms with Gasteiger partial charge in [-0.25, -0.2) is 0 Å². The number of rotatable bonds is 4. The minimum atomic E-state index is 0.220. The lowest BCUT2D eigenvalue weighted by Gasteiger charge is -2.09. The summed E-state index contributed by atoms with van der Waals surface area (Å²) in [4.78, 5) is 0. The first kappa shape index (κ1) is 10.8. The van der Waals surface area contributed by atoms with Crippen molar-refractivity contribution < 1.29 is 4.42 Å². The number of thioether (sulfide) groups is 1. The molecule has 80 valence electrons. The van der Waals surface area contributed by atoms with Gasteiger partial charge in [-0.05, 0) is 30.5 Å². The number of furan rings is 1. The number of thiophene rings is 1. The van der Waals surface area contributed by atoms with E-state index in [2.05, 4.69) is 11.4 Å². The Morgan fingerprint density at radius 2 is 2.33 bits per heavy atom. The Bertz CT molecular complexity index is 408. The molecular formula is C11H13NOS2. The molecule has 0 aliphatic carbocycles. The highest BCUT2D eigenvalue weighted by molar-refractivity contribution is 8.01. The second kappa shape index (κ2) is 4.88. The van der Waals surface area contributed by atoms with Crippen LogP contribution < -0.4 is 5.73 Å². The Morgan fingerprint density at radius 1 is 1.47 bits per heavy atom. The predicted molar refractivity (Wildman–Crippen MR) is 65.4 cm³/mol.